The normalized spacial score (nSPS) is 10.9. The molecular weight excluding hydrogens is 316 g/mol. The van der Waals surface area contributed by atoms with Crippen LogP contribution in [0, 0.1) is 0 Å². The average Bonchev–Trinajstić information content (AvgIpc) is 2.74. The molecule has 26 heavy (non-hydrogen) atoms. The third-order valence-corrected chi connectivity index (χ3v) is 4.25. The van der Waals surface area contributed by atoms with Gasteiger partial charge in [-0.25, -0.2) is 0 Å². The number of aromatic nitrogens is 2. The third-order valence-electron chi connectivity index (χ3n) is 4.25. The Morgan fingerprint density at radius 3 is 1.31 bits per heavy atom. The van der Waals surface area contributed by atoms with Crippen molar-refractivity contribution in [2.75, 3.05) is 0 Å². The van der Waals surface area contributed by atoms with Gasteiger partial charge >= 0.3 is 0 Å². The first kappa shape index (κ1) is 16.0. The van der Waals surface area contributed by atoms with E-state index in [1.54, 1.807) is 0 Å². The summed E-state index contributed by atoms with van der Waals surface area (Å²) < 4.78 is 0. The second-order valence-electron chi connectivity index (χ2n) is 5.94. The first-order valence-electron chi connectivity index (χ1n) is 8.61. The summed E-state index contributed by atoms with van der Waals surface area (Å²) >= 11 is 0. The van der Waals surface area contributed by atoms with Crippen molar-refractivity contribution in [3.8, 4) is 22.5 Å². The van der Waals surface area contributed by atoms with Crippen LogP contribution in [0.1, 0.15) is 11.1 Å². The third kappa shape index (κ3) is 3.45. The monoisotopic (exact) mass is 334 g/mol. The van der Waals surface area contributed by atoms with E-state index < -0.39 is 0 Å². The number of rotatable bonds is 4. The summed E-state index contributed by atoms with van der Waals surface area (Å²) in [5.74, 6) is 0. The van der Waals surface area contributed by atoms with Crippen LogP contribution in [0.2, 0.25) is 0 Å². The predicted octanol–water partition coefficient (Wildman–Crippen LogP) is 5.98. The molecule has 2 aromatic carbocycles. The van der Waals surface area contributed by atoms with Crippen LogP contribution < -0.4 is 0 Å². The van der Waals surface area contributed by atoms with Crippen molar-refractivity contribution < 1.29 is 0 Å². The summed E-state index contributed by atoms with van der Waals surface area (Å²) in [5.41, 5.74) is 6.49. The van der Waals surface area contributed by atoms with E-state index in [9.17, 15) is 0 Å². The second kappa shape index (κ2) is 7.58. The van der Waals surface area contributed by atoms with Crippen LogP contribution in [-0.4, -0.2) is 9.97 Å². The van der Waals surface area contributed by atoms with Crippen LogP contribution in [0.4, 0.5) is 0 Å². The van der Waals surface area contributed by atoms with Gasteiger partial charge in [-0.15, -0.1) is 0 Å². The van der Waals surface area contributed by atoms with Crippen LogP contribution in [0.5, 0.6) is 0 Å². The molecule has 2 aromatic heterocycles. The van der Waals surface area contributed by atoms with Crippen molar-refractivity contribution in [3.63, 3.8) is 0 Å². The van der Waals surface area contributed by atoms with Gasteiger partial charge in [-0.05, 0) is 35.4 Å². The molecule has 0 saturated carbocycles. The number of pyridine rings is 2. The molecule has 0 amide bonds. The summed E-state index contributed by atoms with van der Waals surface area (Å²) in [7, 11) is 0. The Kier molecular flexibility index (Phi) is 4.66. The van der Waals surface area contributed by atoms with Crippen LogP contribution >= 0.6 is 0 Å². The summed E-state index contributed by atoms with van der Waals surface area (Å²) in [6.45, 7) is 0. The number of benzene rings is 2. The second-order valence-corrected chi connectivity index (χ2v) is 5.94. The lowest BCUT2D eigenvalue weighted by atomic mass is 10.00. The highest BCUT2D eigenvalue weighted by Gasteiger charge is 2.05. The molecule has 0 aliphatic heterocycles. The zero-order valence-corrected chi connectivity index (χ0v) is 14.3. The topological polar surface area (TPSA) is 25.8 Å². The number of hydrogen-bond acceptors (Lipinski definition) is 2. The van der Waals surface area contributed by atoms with Gasteiger partial charge in [0, 0.05) is 23.5 Å². The molecule has 0 atom stereocenters. The van der Waals surface area contributed by atoms with Crippen LogP contribution in [0.15, 0.2) is 97.3 Å². The summed E-state index contributed by atoms with van der Waals surface area (Å²) in [4.78, 5) is 8.97. The maximum Gasteiger partial charge on any atom is 0.0707 e. The molecule has 4 rings (SSSR count). The molecule has 0 unspecified atom stereocenters. The van der Waals surface area contributed by atoms with Gasteiger partial charge in [0.1, 0.15) is 0 Å². The molecule has 2 heteroatoms. The molecule has 0 radical (unpaired) electrons. The Hall–Kier alpha value is -3.52. The molecule has 0 N–H and O–H groups in total. The Bertz CT molecular complexity index is 937. The SMILES string of the molecule is C(=Cc1ccccc1-c1ccccn1)c1ccccc1-c1ccccn1. The van der Waals surface area contributed by atoms with Gasteiger partial charge in [0.05, 0.1) is 11.4 Å². The fourth-order valence-corrected chi connectivity index (χ4v) is 2.97. The average molecular weight is 334 g/mol. The highest BCUT2D eigenvalue weighted by molar-refractivity contribution is 5.83. The van der Waals surface area contributed by atoms with Gasteiger partial charge in [-0.1, -0.05) is 72.8 Å². The maximum atomic E-state index is 4.49. The highest BCUT2D eigenvalue weighted by atomic mass is 14.7. The molecule has 0 aliphatic rings. The van der Waals surface area contributed by atoms with E-state index in [1.165, 1.54) is 0 Å². The fourth-order valence-electron chi connectivity index (χ4n) is 2.97. The molecule has 4 aromatic rings. The largest absolute Gasteiger partial charge is 0.256 e. The van der Waals surface area contributed by atoms with E-state index in [4.69, 9.17) is 0 Å². The van der Waals surface area contributed by atoms with Gasteiger partial charge in [0.25, 0.3) is 0 Å². The Balaban J connectivity index is 1.73. The number of nitrogens with zero attached hydrogens (tertiary/aromatic N) is 2. The van der Waals surface area contributed by atoms with Crippen molar-refractivity contribution >= 4 is 12.2 Å². The van der Waals surface area contributed by atoms with Crippen molar-refractivity contribution in [1.82, 2.24) is 9.97 Å². The Morgan fingerprint density at radius 1 is 0.462 bits per heavy atom. The zero-order valence-electron chi connectivity index (χ0n) is 14.3. The smallest absolute Gasteiger partial charge is 0.0707 e. The van der Waals surface area contributed by atoms with Crippen LogP contribution in [-0.2, 0) is 0 Å². The molecule has 2 heterocycles. The van der Waals surface area contributed by atoms with Crippen molar-refractivity contribution in [3.05, 3.63) is 108 Å². The fraction of sp³-hybridized carbons (Fsp3) is 0. The highest BCUT2D eigenvalue weighted by Crippen LogP contribution is 2.26. The minimum Gasteiger partial charge on any atom is -0.256 e. The van der Waals surface area contributed by atoms with E-state index in [-0.39, 0.29) is 0 Å². The van der Waals surface area contributed by atoms with E-state index in [2.05, 4.69) is 58.5 Å². The van der Waals surface area contributed by atoms with Crippen molar-refractivity contribution in [1.29, 1.82) is 0 Å². The standard InChI is InChI=1S/C24H18N2/c1-3-11-21(23-13-5-7-17-25-23)19(9-1)15-16-20-10-2-4-12-22(20)24-14-6-8-18-26-24/h1-18H. The van der Waals surface area contributed by atoms with Crippen molar-refractivity contribution in [2.45, 2.75) is 0 Å². The van der Waals surface area contributed by atoms with Crippen molar-refractivity contribution in [2.24, 2.45) is 0 Å². The number of hydrogen-bond donors (Lipinski definition) is 0. The molecule has 2 nitrogen and oxygen atoms in total. The zero-order chi connectivity index (χ0) is 17.6. The van der Waals surface area contributed by atoms with E-state index in [0.29, 0.717) is 0 Å². The van der Waals surface area contributed by atoms with Gasteiger partial charge < -0.3 is 0 Å². The molecule has 0 saturated heterocycles. The van der Waals surface area contributed by atoms with Crippen LogP contribution in [0.3, 0.4) is 0 Å². The Labute approximate surface area is 153 Å². The molecule has 0 fully saturated rings. The lowest BCUT2D eigenvalue weighted by Gasteiger charge is -2.07. The first-order chi connectivity index (χ1) is 12.9. The van der Waals surface area contributed by atoms with Gasteiger partial charge in [0.15, 0.2) is 0 Å². The summed E-state index contributed by atoms with van der Waals surface area (Å²) in [6, 6.07) is 28.6. The minimum absolute atomic E-state index is 0.978. The van der Waals surface area contributed by atoms with Gasteiger partial charge in [0.2, 0.25) is 0 Å². The molecule has 0 aliphatic carbocycles. The molecular formula is C24H18N2. The lowest BCUT2D eigenvalue weighted by Crippen LogP contribution is -1.87. The predicted molar refractivity (Wildman–Crippen MR) is 108 cm³/mol. The lowest BCUT2D eigenvalue weighted by molar-refractivity contribution is 1.32. The summed E-state index contributed by atoms with van der Waals surface area (Å²) in [5, 5.41) is 0. The van der Waals surface area contributed by atoms with E-state index in [1.807, 2.05) is 60.9 Å². The van der Waals surface area contributed by atoms with E-state index >= 15 is 0 Å². The maximum absolute atomic E-state index is 4.49. The minimum atomic E-state index is 0.978. The molecule has 0 spiro atoms. The van der Waals surface area contributed by atoms with Gasteiger partial charge in [-0.3, -0.25) is 9.97 Å². The molecule has 0 bridgehead atoms. The Morgan fingerprint density at radius 2 is 0.885 bits per heavy atom. The van der Waals surface area contributed by atoms with Gasteiger partial charge in [-0.2, -0.15) is 0 Å². The van der Waals surface area contributed by atoms with E-state index in [0.717, 1.165) is 33.6 Å². The quantitative estimate of drug-likeness (QED) is 0.429. The van der Waals surface area contributed by atoms with Crippen LogP contribution in [0.25, 0.3) is 34.7 Å². The summed E-state index contributed by atoms with van der Waals surface area (Å²) in [6.07, 6.45) is 7.94. The molecule has 124 valence electrons. The first-order valence-corrected chi connectivity index (χ1v) is 8.61.